The van der Waals surface area contributed by atoms with Crippen molar-refractivity contribution in [3.8, 4) is 0 Å². The monoisotopic (exact) mass is 282 g/mol. The van der Waals surface area contributed by atoms with E-state index in [2.05, 4.69) is 18.4 Å². The molecule has 0 radical (unpaired) electrons. The van der Waals surface area contributed by atoms with Crippen LogP contribution in [0.5, 0.6) is 0 Å². The molecule has 108 valence electrons. The number of hydrogen-bond acceptors (Lipinski definition) is 3. The number of amides is 1. The van der Waals surface area contributed by atoms with Gasteiger partial charge in [-0.1, -0.05) is 12.2 Å². The van der Waals surface area contributed by atoms with E-state index in [1.807, 2.05) is 4.90 Å². The zero-order chi connectivity index (χ0) is 13.7. The summed E-state index contributed by atoms with van der Waals surface area (Å²) in [4.78, 5) is 14.4. The fourth-order valence-corrected chi connectivity index (χ4v) is 3.80. The van der Waals surface area contributed by atoms with Gasteiger partial charge in [0.15, 0.2) is 0 Å². The normalized spacial score (nSPS) is 28.6. The predicted molar refractivity (Wildman–Crippen MR) is 82.2 cm³/mol. The second kappa shape index (κ2) is 6.80. The van der Waals surface area contributed by atoms with Crippen LogP contribution in [0.1, 0.15) is 38.5 Å². The Labute approximate surface area is 121 Å². The van der Waals surface area contributed by atoms with Crippen LogP contribution >= 0.6 is 11.8 Å². The Hall–Kier alpha value is -0.480. The maximum absolute atomic E-state index is 12.4. The van der Waals surface area contributed by atoms with Crippen molar-refractivity contribution in [2.45, 2.75) is 44.6 Å². The molecule has 1 heterocycles. The maximum atomic E-state index is 12.4. The smallest absolute Gasteiger partial charge is 0.239 e. The zero-order valence-electron chi connectivity index (χ0n) is 11.9. The van der Waals surface area contributed by atoms with Gasteiger partial charge < -0.3 is 10.6 Å². The molecule has 1 amide bonds. The van der Waals surface area contributed by atoms with E-state index in [1.54, 1.807) is 11.8 Å². The molecule has 0 aromatic rings. The summed E-state index contributed by atoms with van der Waals surface area (Å²) in [6.07, 6.45) is 13.4. The summed E-state index contributed by atoms with van der Waals surface area (Å²) < 4.78 is 0. The molecule has 1 aliphatic carbocycles. The van der Waals surface area contributed by atoms with Crippen LogP contribution in [-0.4, -0.2) is 41.9 Å². The molecule has 1 saturated heterocycles. The van der Waals surface area contributed by atoms with Crippen LogP contribution in [-0.2, 0) is 4.79 Å². The van der Waals surface area contributed by atoms with Gasteiger partial charge in [0.1, 0.15) is 0 Å². The highest BCUT2D eigenvalue weighted by Crippen LogP contribution is 2.40. The molecule has 2 aliphatic rings. The Bertz CT molecular complexity index is 345. The number of rotatable bonds is 4. The van der Waals surface area contributed by atoms with Crippen LogP contribution in [0, 0.1) is 5.41 Å². The van der Waals surface area contributed by atoms with E-state index in [4.69, 9.17) is 5.73 Å². The first-order valence-corrected chi connectivity index (χ1v) is 8.75. The third-order valence-electron chi connectivity index (χ3n) is 4.48. The molecular formula is C15H26N2OS. The molecule has 2 N–H and O–H groups in total. The third-order valence-corrected chi connectivity index (χ3v) is 5.13. The Kier molecular flexibility index (Phi) is 5.34. The van der Waals surface area contributed by atoms with E-state index in [0.29, 0.717) is 5.41 Å². The van der Waals surface area contributed by atoms with Crippen molar-refractivity contribution >= 4 is 17.7 Å². The lowest BCUT2D eigenvalue weighted by Gasteiger charge is -2.44. The largest absolute Gasteiger partial charge is 0.341 e. The second-order valence-corrected chi connectivity index (χ2v) is 6.95. The van der Waals surface area contributed by atoms with E-state index < -0.39 is 0 Å². The lowest BCUT2D eigenvalue weighted by atomic mass is 9.71. The molecule has 19 heavy (non-hydrogen) atoms. The molecule has 2 atom stereocenters. The standard InChI is InChI=1S/C15H26N2OS/c1-19-11-6-13(16)14(18)17-10-5-9-15(12-17)7-3-2-4-8-15/h2-3,13H,4-12,16H2,1H3/t13-,15+/m0/s1. The summed E-state index contributed by atoms with van der Waals surface area (Å²) in [6.45, 7) is 1.82. The van der Waals surface area contributed by atoms with Gasteiger partial charge in [-0.2, -0.15) is 11.8 Å². The van der Waals surface area contributed by atoms with Gasteiger partial charge in [-0.25, -0.2) is 0 Å². The van der Waals surface area contributed by atoms with Crippen LogP contribution in [0.25, 0.3) is 0 Å². The van der Waals surface area contributed by atoms with Crippen LogP contribution < -0.4 is 5.73 Å². The number of likely N-dealkylation sites (tertiary alicyclic amines) is 1. The summed E-state index contributed by atoms with van der Waals surface area (Å²) in [5.41, 5.74) is 6.38. The predicted octanol–water partition coefficient (Wildman–Crippen LogP) is 2.42. The van der Waals surface area contributed by atoms with Crippen molar-refractivity contribution in [1.82, 2.24) is 4.90 Å². The first kappa shape index (κ1) is 14.9. The summed E-state index contributed by atoms with van der Waals surface area (Å²) in [5.74, 6) is 1.14. The number of nitrogens with two attached hydrogens (primary N) is 1. The number of nitrogens with zero attached hydrogens (tertiary/aromatic N) is 1. The van der Waals surface area contributed by atoms with Crippen molar-refractivity contribution in [2.75, 3.05) is 25.1 Å². The van der Waals surface area contributed by atoms with E-state index >= 15 is 0 Å². The minimum Gasteiger partial charge on any atom is -0.341 e. The summed E-state index contributed by atoms with van der Waals surface area (Å²) in [7, 11) is 0. The highest BCUT2D eigenvalue weighted by molar-refractivity contribution is 7.98. The Morgan fingerprint density at radius 3 is 3.00 bits per heavy atom. The first-order chi connectivity index (χ1) is 9.17. The van der Waals surface area contributed by atoms with Crippen LogP contribution in [0.4, 0.5) is 0 Å². The SMILES string of the molecule is CSCC[C@H](N)C(=O)N1CCC[C@]2(CC=CCC2)C1. The molecule has 0 unspecified atom stereocenters. The van der Waals surface area contributed by atoms with Crippen LogP contribution in [0.15, 0.2) is 12.2 Å². The molecule has 1 spiro atoms. The molecule has 2 rings (SSSR count). The van der Waals surface area contributed by atoms with Gasteiger partial charge in [0.05, 0.1) is 6.04 Å². The number of carbonyl (C=O) groups is 1. The fraction of sp³-hybridized carbons (Fsp3) is 0.800. The van der Waals surface area contributed by atoms with Crippen molar-refractivity contribution in [3.63, 3.8) is 0 Å². The van der Waals surface area contributed by atoms with Crippen molar-refractivity contribution in [2.24, 2.45) is 11.1 Å². The molecule has 0 bridgehead atoms. The highest BCUT2D eigenvalue weighted by Gasteiger charge is 2.37. The van der Waals surface area contributed by atoms with Gasteiger partial charge in [-0.3, -0.25) is 4.79 Å². The zero-order valence-corrected chi connectivity index (χ0v) is 12.8. The molecule has 4 heteroatoms. The Morgan fingerprint density at radius 1 is 1.47 bits per heavy atom. The van der Waals surface area contributed by atoms with Crippen molar-refractivity contribution < 1.29 is 4.79 Å². The second-order valence-electron chi connectivity index (χ2n) is 5.97. The number of carbonyl (C=O) groups excluding carboxylic acids is 1. The molecule has 3 nitrogen and oxygen atoms in total. The molecular weight excluding hydrogens is 256 g/mol. The van der Waals surface area contributed by atoms with Gasteiger partial charge in [0, 0.05) is 13.1 Å². The van der Waals surface area contributed by atoms with Gasteiger partial charge in [0.25, 0.3) is 0 Å². The maximum Gasteiger partial charge on any atom is 0.239 e. The fourth-order valence-electron chi connectivity index (χ4n) is 3.31. The van der Waals surface area contributed by atoms with Gasteiger partial charge in [0.2, 0.25) is 5.91 Å². The molecule has 1 aliphatic heterocycles. The minimum atomic E-state index is -0.304. The first-order valence-electron chi connectivity index (χ1n) is 7.35. The summed E-state index contributed by atoms with van der Waals surface area (Å²) in [5, 5.41) is 0. The third kappa shape index (κ3) is 3.76. The molecule has 0 aromatic carbocycles. The lowest BCUT2D eigenvalue weighted by molar-refractivity contribution is -0.136. The van der Waals surface area contributed by atoms with E-state index in [1.165, 1.54) is 19.3 Å². The van der Waals surface area contributed by atoms with Crippen LogP contribution in [0.3, 0.4) is 0 Å². The van der Waals surface area contributed by atoms with Crippen molar-refractivity contribution in [3.05, 3.63) is 12.2 Å². The summed E-state index contributed by atoms with van der Waals surface area (Å²) in [6, 6.07) is -0.304. The molecule has 1 fully saturated rings. The Morgan fingerprint density at radius 2 is 2.32 bits per heavy atom. The lowest BCUT2D eigenvalue weighted by Crippen LogP contribution is -2.51. The Balaban J connectivity index is 1.93. The van der Waals surface area contributed by atoms with Gasteiger partial charge in [-0.15, -0.1) is 0 Å². The average molecular weight is 282 g/mol. The number of thioether (sulfide) groups is 1. The highest BCUT2D eigenvalue weighted by atomic mass is 32.2. The number of piperidine rings is 1. The van der Waals surface area contributed by atoms with Crippen LogP contribution in [0.2, 0.25) is 0 Å². The molecule has 0 saturated carbocycles. The summed E-state index contributed by atoms with van der Waals surface area (Å²) >= 11 is 1.76. The topological polar surface area (TPSA) is 46.3 Å². The van der Waals surface area contributed by atoms with Gasteiger partial charge >= 0.3 is 0 Å². The molecule has 0 aromatic heterocycles. The van der Waals surface area contributed by atoms with E-state index in [9.17, 15) is 4.79 Å². The van der Waals surface area contributed by atoms with Crippen molar-refractivity contribution in [1.29, 1.82) is 0 Å². The van der Waals surface area contributed by atoms with Gasteiger partial charge in [-0.05, 0) is 55.9 Å². The van der Waals surface area contributed by atoms with E-state index in [-0.39, 0.29) is 11.9 Å². The quantitative estimate of drug-likeness (QED) is 0.806. The average Bonchev–Trinajstić information content (AvgIpc) is 2.45. The van der Waals surface area contributed by atoms with E-state index in [0.717, 1.165) is 38.1 Å². The minimum absolute atomic E-state index is 0.169. The number of hydrogen-bond donors (Lipinski definition) is 1. The number of allylic oxidation sites excluding steroid dienone is 2.